The lowest BCUT2D eigenvalue weighted by atomic mass is 9.89. The number of halogens is 3. The molecule has 9 heteroatoms. The van der Waals surface area contributed by atoms with Gasteiger partial charge in [0.2, 0.25) is 5.91 Å². The number of nitrogens with zero attached hydrogens (tertiary/aromatic N) is 4. The van der Waals surface area contributed by atoms with Crippen molar-refractivity contribution in [2.45, 2.75) is 31.0 Å². The van der Waals surface area contributed by atoms with Gasteiger partial charge >= 0.3 is 6.18 Å². The fraction of sp³-hybridized carbons (Fsp3) is 0.643. The Labute approximate surface area is 131 Å². The van der Waals surface area contributed by atoms with Crippen LogP contribution in [0.25, 0.3) is 0 Å². The molecule has 2 heterocycles. The third-order valence-electron chi connectivity index (χ3n) is 3.80. The average molecular weight is 332 g/mol. The van der Waals surface area contributed by atoms with Crippen molar-refractivity contribution in [3.8, 4) is 0 Å². The number of alkyl halides is 3. The Morgan fingerprint density at radius 1 is 1.39 bits per heavy atom. The molecular formula is C14H19F3N4O2. The number of carbonyl (C=O) groups excluding carboxylic acids is 1. The number of hydrogen-bond acceptors (Lipinski definition) is 5. The lowest BCUT2D eigenvalue weighted by Crippen LogP contribution is -2.50. The molecule has 1 aliphatic rings. The lowest BCUT2D eigenvalue weighted by Gasteiger charge is -2.39. The fourth-order valence-electron chi connectivity index (χ4n) is 2.54. The van der Waals surface area contributed by atoms with Gasteiger partial charge in [0, 0.05) is 27.2 Å². The molecule has 1 saturated heterocycles. The minimum absolute atomic E-state index is 0.0371. The van der Waals surface area contributed by atoms with Gasteiger partial charge in [0.1, 0.15) is 0 Å². The maximum atomic E-state index is 12.5. The monoisotopic (exact) mass is 332 g/mol. The zero-order valence-corrected chi connectivity index (χ0v) is 13.0. The van der Waals surface area contributed by atoms with E-state index < -0.39 is 17.5 Å². The predicted molar refractivity (Wildman–Crippen MR) is 76.7 cm³/mol. The van der Waals surface area contributed by atoms with Crippen molar-refractivity contribution in [2.24, 2.45) is 0 Å². The molecule has 128 valence electrons. The molecule has 2 rings (SSSR count). The quantitative estimate of drug-likeness (QED) is 0.904. The first kappa shape index (κ1) is 17.5. The lowest BCUT2D eigenvalue weighted by molar-refractivity contribution is -0.141. The number of piperidine rings is 1. The molecule has 0 aliphatic carbocycles. The van der Waals surface area contributed by atoms with E-state index in [0.29, 0.717) is 19.4 Å². The van der Waals surface area contributed by atoms with E-state index in [4.69, 9.17) is 0 Å². The molecule has 1 aliphatic heterocycles. The van der Waals surface area contributed by atoms with Crippen LogP contribution >= 0.6 is 0 Å². The van der Waals surface area contributed by atoms with Crippen molar-refractivity contribution in [1.82, 2.24) is 15.1 Å². The molecule has 0 spiro atoms. The number of aromatic nitrogens is 2. The van der Waals surface area contributed by atoms with Crippen LogP contribution in [-0.2, 0) is 11.0 Å². The number of β-amino-alcohol motifs (C(OH)–C–C–N with tert-alkyl or cyclic N) is 1. The molecular weight excluding hydrogens is 313 g/mol. The molecule has 1 fully saturated rings. The van der Waals surface area contributed by atoms with Gasteiger partial charge < -0.3 is 14.9 Å². The van der Waals surface area contributed by atoms with E-state index in [1.54, 1.807) is 19.0 Å². The standard InChI is InChI=1S/C14H19F3N4O2/c1-20(2)12(22)8-13(23)6-3-7-21(9-13)11-5-4-10(18-19-11)14(15,16)17/h4-5,23H,3,6-9H2,1-2H3. The van der Waals surface area contributed by atoms with E-state index in [1.807, 2.05) is 0 Å². The molecule has 0 bridgehead atoms. The summed E-state index contributed by atoms with van der Waals surface area (Å²) in [5.41, 5.74) is -2.28. The van der Waals surface area contributed by atoms with Gasteiger partial charge in [-0.05, 0) is 25.0 Å². The number of amides is 1. The molecule has 0 aromatic carbocycles. The van der Waals surface area contributed by atoms with Crippen molar-refractivity contribution in [3.05, 3.63) is 17.8 Å². The third kappa shape index (κ3) is 4.31. The Morgan fingerprint density at radius 3 is 2.61 bits per heavy atom. The first-order valence-corrected chi connectivity index (χ1v) is 7.19. The van der Waals surface area contributed by atoms with Gasteiger partial charge in [-0.25, -0.2) is 0 Å². The summed E-state index contributed by atoms with van der Waals surface area (Å²) in [7, 11) is 3.21. The van der Waals surface area contributed by atoms with Gasteiger partial charge in [-0.15, -0.1) is 10.2 Å². The van der Waals surface area contributed by atoms with E-state index in [0.717, 1.165) is 6.07 Å². The fourth-order valence-corrected chi connectivity index (χ4v) is 2.54. The van der Waals surface area contributed by atoms with Crippen LogP contribution in [-0.4, -0.2) is 58.9 Å². The summed E-state index contributed by atoms with van der Waals surface area (Å²) in [6.45, 7) is 0.672. The normalized spacial score (nSPS) is 22.1. The van der Waals surface area contributed by atoms with E-state index >= 15 is 0 Å². The second-order valence-corrected chi connectivity index (χ2v) is 5.99. The maximum absolute atomic E-state index is 12.5. The highest BCUT2D eigenvalue weighted by atomic mass is 19.4. The summed E-state index contributed by atoms with van der Waals surface area (Å²) in [6, 6.07) is 2.09. The van der Waals surface area contributed by atoms with E-state index in [9.17, 15) is 23.1 Å². The number of anilines is 1. The highest BCUT2D eigenvalue weighted by Gasteiger charge is 2.37. The third-order valence-corrected chi connectivity index (χ3v) is 3.80. The summed E-state index contributed by atoms with van der Waals surface area (Å²) in [5, 5.41) is 17.4. The summed E-state index contributed by atoms with van der Waals surface area (Å²) >= 11 is 0. The van der Waals surface area contributed by atoms with Crippen molar-refractivity contribution in [1.29, 1.82) is 0 Å². The molecule has 23 heavy (non-hydrogen) atoms. The molecule has 0 radical (unpaired) electrons. The zero-order valence-electron chi connectivity index (χ0n) is 13.0. The van der Waals surface area contributed by atoms with Crippen LogP contribution in [0.1, 0.15) is 25.0 Å². The minimum atomic E-state index is -4.54. The minimum Gasteiger partial charge on any atom is -0.388 e. The van der Waals surface area contributed by atoms with E-state index in [1.165, 1.54) is 11.0 Å². The Hall–Kier alpha value is -1.90. The van der Waals surface area contributed by atoms with Crippen molar-refractivity contribution < 1.29 is 23.1 Å². The highest BCUT2D eigenvalue weighted by molar-refractivity contribution is 5.76. The van der Waals surface area contributed by atoms with Crippen LogP contribution in [0, 0.1) is 0 Å². The topological polar surface area (TPSA) is 69.6 Å². The molecule has 1 aromatic rings. The van der Waals surface area contributed by atoms with Gasteiger partial charge in [0.15, 0.2) is 11.5 Å². The van der Waals surface area contributed by atoms with Crippen LogP contribution < -0.4 is 4.90 Å². The maximum Gasteiger partial charge on any atom is 0.435 e. The van der Waals surface area contributed by atoms with E-state index in [2.05, 4.69) is 10.2 Å². The SMILES string of the molecule is CN(C)C(=O)CC1(O)CCCN(c2ccc(C(F)(F)F)nn2)C1. The van der Waals surface area contributed by atoms with Gasteiger partial charge in [-0.2, -0.15) is 13.2 Å². The summed E-state index contributed by atoms with van der Waals surface area (Å²) in [4.78, 5) is 14.9. The van der Waals surface area contributed by atoms with Gasteiger partial charge in [-0.3, -0.25) is 4.79 Å². The summed E-state index contributed by atoms with van der Waals surface area (Å²) in [6.07, 6.45) is -3.51. The highest BCUT2D eigenvalue weighted by Crippen LogP contribution is 2.30. The Bertz CT molecular complexity index is 562. The van der Waals surface area contributed by atoms with Crippen LogP contribution in [0.2, 0.25) is 0 Å². The van der Waals surface area contributed by atoms with Crippen LogP contribution in [0.3, 0.4) is 0 Å². The van der Waals surface area contributed by atoms with Crippen molar-refractivity contribution >= 4 is 11.7 Å². The molecule has 0 saturated carbocycles. The number of rotatable bonds is 3. The van der Waals surface area contributed by atoms with Crippen LogP contribution in [0.5, 0.6) is 0 Å². The average Bonchev–Trinajstić information content (AvgIpc) is 2.46. The van der Waals surface area contributed by atoms with Gasteiger partial charge in [0.05, 0.1) is 12.0 Å². The Balaban J connectivity index is 2.10. The number of hydrogen-bond donors (Lipinski definition) is 1. The smallest absolute Gasteiger partial charge is 0.388 e. The predicted octanol–water partition coefficient (Wildman–Crippen LogP) is 1.30. The van der Waals surface area contributed by atoms with Crippen LogP contribution in [0.15, 0.2) is 12.1 Å². The summed E-state index contributed by atoms with van der Waals surface area (Å²) < 4.78 is 37.5. The molecule has 1 aromatic heterocycles. The Morgan fingerprint density at radius 2 is 2.09 bits per heavy atom. The Kier molecular flexibility index (Phi) is 4.79. The van der Waals surface area contributed by atoms with Gasteiger partial charge in [0.25, 0.3) is 0 Å². The summed E-state index contributed by atoms with van der Waals surface area (Å²) in [5.74, 6) is 0.0567. The van der Waals surface area contributed by atoms with Crippen molar-refractivity contribution in [2.75, 3.05) is 32.1 Å². The second kappa shape index (κ2) is 6.31. The second-order valence-electron chi connectivity index (χ2n) is 5.99. The van der Waals surface area contributed by atoms with E-state index in [-0.39, 0.29) is 24.7 Å². The van der Waals surface area contributed by atoms with Gasteiger partial charge in [-0.1, -0.05) is 0 Å². The number of aliphatic hydroxyl groups is 1. The molecule has 1 atom stereocenters. The molecule has 1 amide bonds. The molecule has 6 nitrogen and oxygen atoms in total. The first-order valence-electron chi connectivity index (χ1n) is 7.19. The molecule has 1 unspecified atom stereocenters. The van der Waals surface area contributed by atoms with Crippen LogP contribution in [0.4, 0.5) is 19.0 Å². The first-order chi connectivity index (χ1) is 10.6. The zero-order chi connectivity index (χ0) is 17.3. The molecule has 1 N–H and O–H groups in total. The van der Waals surface area contributed by atoms with Crippen molar-refractivity contribution in [3.63, 3.8) is 0 Å². The largest absolute Gasteiger partial charge is 0.435 e. The number of carbonyl (C=O) groups is 1.